The minimum atomic E-state index is 0. The van der Waals surface area contributed by atoms with Crippen molar-refractivity contribution in [1.82, 2.24) is 4.98 Å². The molecule has 0 bridgehead atoms. The average Bonchev–Trinajstić information content (AvgIpc) is 2.47. The van der Waals surface area contributed by atoms with Gasteiger partial charge in [0.15, 0.2) is 0 Å². The third kappa shape index (κ3) is 6.22. The topological polar surface area (TPSA) is 25.2 Å². The van der Waals surface area contributed by atoms with Gasteiger partial charge in [-0.3, -0.25) is 9.98 Å². The monoisotopic (exact) mass is 406 g/mol. The first-order valence-electron chi connectivity index (χ1n) is 7.60. The zero-order valence-electron chi connectivity index (χ0n) is 14.7. The Morgan fingerprint density at radius 1 is 0.875 bits per heavy atom. The van der Waals surface area contributed by atoms with E-state index in [4.69, 9.17) is 4.99 Å². The molecule has 0 spiro atoms. The van der Waals surface area contributed by atoms with Crippen LogP contribution in [0.15, 0.2) is 47.6 Å². The fraction of sp³-hybridized carbons (Fsp3) is 0.368. The summed E-state index contributed by atoms with van der Waals surface area (Å²) in [5.74, 6) is 0.915. The Morgan fingerprint density at radius 3 is 1.83 bits per heavy atom. The van der Waals surface area contributed by atoms with E-state index in [9.17, 15) is 0 Å². The van der Waals surface area contributed by atoms with E-state index < -0.39 is 0 Å². The van der Waals surface area contributed by atoms with Crippen LogP contribution in [0.3, 0.4) is 0 Å². The van der Waals surface area contributed by atoms with Crippen LogP contribution in [0.2, 0.25) is 0 Å². The molecule has 0 aliphatic rings. The van der Waals surface area contributed by atoms with Gasteiger partial charge in [-0.2, -0.15) is 0 Å². The molecule has 0 radical (unpaired) electrons. The number of hydrogen-bond acceptors (Lipinski definition) is 2. The Bertz CT molecular complexity index is 615. The Hall–Kier alpha value is -0.861. The Morgan fingerprint density at radius 2 is 1.42 bits per heavy atom. The van der Waals surface area contributed by atoms with Gasteiger partial charge in [0.2, 0.25) is 0 Å². The van der Waals surface area contributed by atoms with E-state index in [1.807, 2.05) is 31.3 Å². The van der Waals surface area contributed by atoms with E-state index in [0.717, 1.165) is 17.1 Å². The summed E-state index contributed by atoms with van der Waals surface area (Å²) < 4.78 is 0. The molecule has 0 saturated heterocycles. The van der Waals surface area contributed by atoms with Crippen molar-refractivity contribution < 1.29 is 41.9 Å². The van der Waals surface area contributed by atoms with Gasteiger partial charge in [-0.05, 0) is 42.0 Å². The van der Waals surface area contributed by atoms with Crippen molar-refractivity contribution in [3.8, 4) is 0 Å². The minimum Gasteiger partial charge on any atom is -1.00 e. The van der Waals surface area contributed by atoms with Crippen molar-refractivity contribution >= 4 is 11.4 Å². The summed E-state index contributed by atoms with van der Waals surface area (Å²) in [6.45, 7) is 10.9. The van der Waals surface area contributed by atoms with Crippen LogP contribution in [0, 0.1) is 0 Å². The predicted octanol–water partition coefficient (Wildman–Crippen LogP) is -0.525. The van der Waals surface area contributed by atoms with Crippen LogP contribution >= 0.6 is 0 Å². The molecule has 2 nitrogen and oxygen atoms in total. The first-order chi connectivity index (χ1) is 10.0. The molecule has 1 aromatic heterocycles. The standard InChI is InChI=1S/C19H24N2.2ClH.Fe/c1-13(2)16-9-8-10-17(14(3)4)19(16)21-15(5)18-11-6-7-12-20-18;;;/h6-14H,1-5H3;2*1H;/q;;;+2/p-2. The second-order valence-corrected chi connectivity index (χ2v) is 6.01. The van der Waals surface area contributed by atoms with E-state index in [0.29, 0.717) is 11.8 Å². The maximum Gasteiger partial charge on any atom is 2.00 e. The van der Waals surface area contributed by atoms with E-state index in [2.05, 4.69) is 50.9 Å². The quantitative estimate of drug-likeness (QED) is 0.495. The fourth-order valence-electron chi connectivity index (χ4n) is 2.44. The Balaban J connectivity index is 0. The maximum absolute atomic E-state index is 4.93. The first kappa shape index (κ1) is 25.4. The molecule has 5 heteroatoms. The molecule has 0 N–H and O–H groups in total. The normalized spacial score (nSPS) is 10.7. The summed E-state index contributed by atoms with van der Waals surface area (Å²) in [4.78, 5) is 9.32. The number of para-hydroxylation sites is 1. The van der Waals surface area contributed by atoms with Crippen molar-refractivity contribution in [2.45, 2.75) is 46.5 Å². The van der Waals surface area contributed by atoms with Crippen molar-refractivity contribution in [3.63, 3.8) is 0 Å². The van der Waals surface area contributed by atoms with Crippen LogP contribution < -0.4 is 24.8 Å². The smallest absolute Gasteiger partial charge is 1.00 e. The average molecular weight is 407 g/mol. The van der Waals surface area contributed by atoms with E-state index in [-0.39, 0.29) is 41.9 Å². The van der Waals surface area contributed by atoms with Crippen LogP contribution in [0.1, 0.15) is 63.3 Å². The second kappa shape index (κ2) is 11.7. The number of nitrogens with zero attached hydrogens (tertiary/aromatic N) is 2. The van der Waals surface area contributed by atoms with Crippen LogP contribution in [0.5, 0.6) is 0 Å². The van der Waals surface area contributed by atoms with E-state index in [1.54, 1.807) is 0 Å². The van der Waals surface area contributed by atoms with Gasteiger partial charge >= 0.3 is 17.1 Å². The summed E-state index contributed by atoms with van der Waals surface area (Å²) in [6.07, 6.45) is 1.81. The number of rotatable bonds is 4. The predicted molar refractivity (Wildman–Crippen MR) is 90.7 cm³/mol. The van der Waals surface area contributed by atoms with Crippen LogP contribution in [-0.2, 0) is 17.1 Å². The molecular weight excluding hydrogens is 383 g/mol. The summed E-state index contributed by atoms with van der Waals surface area (Å²) in [6, 6.07) is 12.4. The van der Waals surface area contributed by atoms with Gasteiger partial charge < -0.3 is 24.8 Å². The van der Waals surface area contributed by atoms with Gasteiger partial charge in [0, 0.05) is 6.20 Å². The van der Waals surface area contributed by atoms with Gasteiger partial charge in [0.25, 0.3) is 0 Å². The van der Waals surface area contributed by atoms with Crippen molar-refractivity contribution in [3.05, 3.63) is 59.4 Å². The molecule has 0 atom stereocenters. The maximum atomic E-state index is 4.93. The molecule has 0 aliphatic carbocycles. The molecule has 24 heavy (non-hydrogen) atoms. The van der Waals surface area contributed by atoms with Crippen molar-refractivity contribution in [1.29, 1.82) is 0 Å². The Labute approximate surface area is 168 Å². The third-order valence-electron chi connectivity index (χ3n) is 3.66. The van der Waals surface area contributed by atoms with Gasteiger partial charge in [-0.25, -0.2) is 0 Å². The molecule has 0 amide bonds. The van der Waals surface area contributed by atoms with Crippen molar-refractivity contribution in [2.75, 3.05) is 0 Å². The van der Waals surface area contributed by atoms with E-state index in [1.165, 1.54) is 11.1 Å². The number of hydrogen-bond donors (Lipinski definition) is 0. The number of aromatic nitrogens is 1. The number of pyridine rings is 1. The molecular formula is C19H24Cl2FeN2. The summed E-state index contributed by atoms with van der Waals surface area (Å²) in [5, 5.41) is 0. The number of aliphatic imine (C=N–C) groups is 1. The van der Waals surface area contributed by atoms with E-state index >= 15 is 0 Å². The number of halogens is 2. The third-order valence-corrected chi connectivity index (χ3v) is 3.66. The SMILES string of the molecule is CC(=Nc1c(C(C)C)cccc1C(C)C)c1ccccn1.[Cl-].[Cl-].[Fe+2]. The van der Waals surface area contributed by atoms with Crippen LogP contribution in [0.25, 0.3) is 0 Å². The zero-order chi connectivity index (χ0) is 15.4. The van der Waals surface area contributed by atoms with Crippen LogP contribution in [0.4, 0.5) is 5.69 Å². The molecule has 2 aromatic rings. The summed E-state index contributed by atoms with van der Waals surface area (Å²) >= 11 is 0. The summed E-state index contributed by atoms with van der Waals surface area (Å²) in [7, 11) is 0. The van der Waals surface area contributed by atoms with Gasteiger partial charge in [-0.15, -0.1) is 0 Å². The molecule has 132 valence electrons. The molecule has 0 saturated carbocycles. The molecule has 1 heterocycles. The fourth-order valence-corrected chi connectivity index (χ4v) is 2.44. The zero-order valence-corrected chi connectivity index (χ0v) is 17.3. The molecule has 0 fully saturated rings. The second-order valence-electron chi connectivity index (χ2n) is 6.01. The molecule has 2 rings (SSSR count). The first-order valence-corrected chi connectivity index (χ1v) is 7.60. The Kier molecular flexibility index (Phi) is 12.3. The van der Waals surface area contributed by atoms with Crippen LogP contribution in [-0.4, -0.2) is 10.7 Å². The van der Waals surface area contributed by atoms with Gasteiger partial charge in [0.1, 0.15) is 0 Å². The largest absolute Gasteiger partial charge is 2.00 e. The van der Waals surface area contributed by atoms with Gasteiger partial charge in [0.05, 0.1) is 17.1 Å². The van der Waals surface area contributed by atoms with Gasteiger partial charge in [-0.1, -0.05) is 52.0 Å². The number of benzene rings is 1. The molecule has 0 unspecified atom stereocenters. The molecule has 0 aliphatic heterocycles. The minimum absolute atomic E-state index is 0. The van der Waals surface area contributed by atoms with Crippen molar-refractivity contribution in [2.24, 2.45) is 4.99 Å². The molecule has 1 aromatic carbocycles. The summed E-state index contributed by atoms with van der Waals surface area (Å²) in [5.41, 5.74) is 5.62.